The molecule has 130 valence electrons. The van der Waals surface area contributed by atoms with E-state index in [2.05, 4.69) is 4.98 Å². The molecule has 0 bridgehead atoms. The number of hydrogen-bond acceptors (Lipinski definition) is 3. The smallest absolute Gasteiger partial charge is 0.193 e. The SMILES string of the molecule is CCC(Oc1ccc(C(=O)c2ccc(Cl)cc2)cc1)n1ccnc1.Cl. The molecule has 1 atom stereocenters. The topological polar surface area (TPSA) is 44.1 Å². The van der Waals surface area contributed by atoms with Gasteiger partial charge in [0.05, 0.1) is 6.33 Å². The molecular formula is C19H18Cl2N2O2. The maximum atomic E-state index is 12.4. The van der Waals surface area contributed by atoms with Crippen LogP contribution in [0.5, 0.6) is 5.75 Å². The van der Waals surface area contributed by atoms with Crippen molar-refractivity contribution in [3.63, 3.8) is 0 Å². The Labute approximate surface area is 157 Å². The van der Waals surface area contributed by atoms with Crippen LogP contribution in [0.4, 0.5) is 0 Å². The highest BCUT2D eigenvalue weighted by atomic mass is 35.5. The van der Waals surface area contributed by atoms with Crippen molar-refractivity contribution in [1.29, 1.82) is 0 Å². The largest absolute Gasteiger partial charge is 0.470 e. The molecule has 0 aliphatic carbocycles. The van der Waals surface area contributed by atoms with E-state index >= 15 is 0 Å². The fraction of sp³-hybridized carbons (Fsp3) is 0.158. The lowest BCUT2D eigenvalue weighted by Gasteiger charge is -2.18. The Morgan fingerprint density at radius 3 is 2.24 bits per heavy atom. The summed E-state index contributed by atoms with van der Waals surface area (Å²) in [5, 5.41) is 0.611. The summed E-state index contributed by atoms with van der Waals surface area (Å²) in [4.78, 5) is 16.5. The van der Waals surface area contributed by atoms with Gasteiger partial charge in [-0.1, -0.05) is 18.5 Å². The van der Waals surface area contributed by atoms with Gasteiger partial charge in [-0.3, -0.25) is 4.79 Å². The number of imidazole rings is 1. The number of hydrogen-bond donors (Lipinski definition) is 0. The van der Waals surface area contributed by atoms with E-state index in [1.165, 1.54) is 0 Å². The zero-order valence-electron chi connectivity index (χ0n) is 13.6. The van der Waals surface area contributed by atoms with Gasteiger partial charge in [-0.15, -0.1) is 12.4 Å². The van der Waals surface area contributed by atoms with Crippen molar-refractivity contribution in [1.82, 2.24) is 9.55 Å². The maximum absolute atomic E-state index is 12.4. The minimum absolute atomic E-state index is 0. The number of carbonyl (C=O) groups is 1. The Morgan fingerprint density at radius 2 is 1.72 bits per heavy atom. The molecule has 0 saturated carbocycles. The minimum Gasteiger partial charge on any atom is -0.470 e. The van der Waals surface area contributed by atoms with Gasteiger partial charge in [0.2, 0.25) is 0 Å². The van der Waals surface area contributed by atoms with Gasteiger partial charge in [-0.25, -0.2) is 4.98 Å². The highest BCUT2D eigenvalue weighted by Crippen LogP contribution is 2.21. The molecular weight excluding hydrogens is 359 g/mol. The van der Waals surface area contributed by atoms with E-state index in [0.717, 1.165) is 6.42 Å². The molecule has 6 heteroatoms. The van der Waals surface area contributed by atoms with E-state index in [1.807, 2.05) is 29.8 Å². The fourth-order valence-electron chi connectivity index (χ4n) is 2.40. The predicted octanol–water partition coefficient (Wildman–Crippen LogP) is 5.18. The second-order valence-electron chi connectivity index (χ2n) is 5.35. The van der Waals surface area contributed by atoms with Crippen molar-refractivity contribution < 1.29 is 9.53 Å². The lowest BCUT2D eigenvalue weighted by atomic mass is 10.0. The predicted molar refractivity (Wildman–Crippen MR) is 101 cm³/mol. The summed E-state index contributed by atoms with van der Waals surface area (Å²) in [5.41, 5.74) is 1.22. The fourth-order valence-corrected chi connectivity index (χ4v) is 2.53. The molecule has 0 fully saturated rings. The first-order chi connectivity index (χ1) is 11.7. The molecule has 3 aromatic rings. The quantitative estimate of drug-likeness (QED) is 0.556. The summed E-state index contributed by atoms with van der Waals surface area (Å²) in [6, 6.07) is 14.0. The molecule has 1 unspecified atom stereocenters. The van der Waals surface area contributed by atoms with Crippen LogP contribution in [0.2, 0.25) is 5.02 Å². The van der Waals surface area contributed by atoms with Crippen LogP contribution in [0.3, 0.4) is 0 Å². The second kappa shape index (κ2) is 8.70. The van der Waals surface area contributed by atoms with Crippen molar-refractivity contribution in [2.24, 2.45) is 0 Å². The van der Waals surface area contributed by atoms with Crippen LogP contribution in [0, 0.1) is 0 Å². The Morgan fingerprint density at radius 1 is 1.12 bits per heavy atom. The molecule has 3 rings (SSSR count). The lowest BCUT2D eigenvalue weighted by molar-refractivity contribution is 0.103. The molecule has 0 radical (unpaired) electrons. The summed E-state index contributed by atoms with van der Waals surface area (Å²) in [5.74, 6) is 0.670. The van der Waals surface area contributed by atoms with E-state index in [-0.39, 0.29) is 24.4 Å². The number of carbonyl (C=O) groups excluding carboxylic acids is 1. The zero-order valence-corrected chi connectivity index (χ0v) is 15.2. The summed E-state index contributed by atoms with van der Waals surface area (Å²) < 4.78 is 7.87. The van der Waals surface area contributed by atoms with Crippen LogP contribution in [0.25, 0.3) is 0 Å². The van der Waals surface area contributed by atoms with Gasteiger partial charge in [-0.05, 0) is 48.5 Å². The third kappa shape index (κ3) is 4.62. The van der Waals surface area contributed by atoms with Crippen molar-refractivity contribution in [2.45, 2.75) is 19.6 Å². The molecule has 0 N–H and O–H groups in total. The summed E-state index contributed by atoms with van der Waals surface area (Å²) in [6.07, 6.45) is 6.01. The van der Waals surface area contributed by atoms with Crippen LogP contribution in [0.1, 0.15) is 35.5 Å². The van der Waals surface area contributed by atoms with Gasteiger partial charge < -0.3 is 9.30 Å². The monoisotopic (exact) mass is 376 g/mol. The van der Waals surface area contributed by atoms with Crippen LogP contribution in [-0.4, -0.2) is 15.3 Å². The van der Waals surface area contributed by atoms with Crippen molar-refractivity contribution in [2.75, 3.05) is 0 Å². The van der Waals surface area contributed by atoms with Gasteiger partial charge in [0.15, 0.2) is 12.0 Å². The summed E-state index contributed by atoms with van der Waals surface area (Å²) >= 11 is 5.85. The van der Waals surface area contributed by atoms with Crippen molar-refractivity contribution >= 4 is 29.8 Å². The van der Waals surface area contributed by atoms with E-state index in [9.17, 15) is 4.79 Å². The molecule has 0 aliphatic heterocycles. The third-order valence-corrected chi connectivity index (χ3v) is 3.95. The number of rotatable bonds is 6. The molecule has 0 saturated heterocycles. The average molecular weight is 377 g/mol. The summed E-state index contributed by atoms with van der Waals surface area (Å²) in [6.45, 7) is 2.04. The van der Waals surface area contributed by atoms with Gasteiger partial charge in [0.25, 0.3) is 0 Å². The Bertz CT molecular complexity index is 800. The van der Waals surface area contributed by atoms with Gasteiger partial charge in [0.1, 0.15) is 5.75 Å². The Kier molecular flexibility index (Phi) is 6.62. The van der Waals surface area contributed by atoms with Crippen LogP contribution >= 0.6 is 24.0 Å². The molecule has 25 heavy (non-hydrogen) atoms. The Balaban J connectivity index is 0.00000225. The van der Waals surface area contributed by atoms with Gasteiger partial charge in [0, 0.05) is 35.0 Å². The van der Waals surface area contributed by atoms with Gasteiger partial charge in [-0.2, -0.15) is 0 Å². The number of nitrogens with zero attached hydrogens (tertiary/aromatic N) is 2. The summed E-state index contributed by atoms with van der Waals surface area (Å²) in [7, 11) is 0. The van der Waals surface area contributed by atoms with Crippen LogP contribution in [0.15, 0.2) is 67.3 Å². The van der Waals surface area contributed by atoms with Crippen molar-refractivity contribution in [3.8, 4) is 5.75 Å². The maximum Gasteiger partial charge on any atom is 0.193 e. The molecule has 4 nitrogen and oxygen atoms in total. The molecule has 0 spiro atoms. The van der Waals surface area contributed by atoms with Crippen LogP contribution in [-0.2, 0) is 0 Å². The number of halogens is 2. The van der Waals surface area contributed by atoms with E-state index < -0.39 is 0 Å². The molecule has 0 aliphatic rings. The number of aromatic nitrogens is 2. The first-order valence-electron chi connectivity index (χ1n) is 7.72. The highest BCUT2D eigenvalue weighted by Gasteiger charge is 2.12. The molecule has 1 heterocycles. The number of ether oxygens (including phenoxy) is 1. The van der Waals surface area contributed by atoms with Crippen LogP contribution < -0.4 is 4.74 Å². The lowest BCUT2D eigenvalue weighted by Crippen LogP contribution is -2.13. The Hall–Kier alpha value is -2.30. The zero-order chi connectivity index (χ0) is 16.9. The van der Waals surface area contributed by atoms with Gasteiger partial charge >= 0.3 is 0 Å². The first kappa shape index (κ1) is 19.0. The molecule has 2 aromatic carbocycles. The minimum atomic E-state index is -0.120. The van der Waals surface area contributed by atoms with Crippen molar-refractivity contribution in [3.05, 3.63) is 83.4 Å². The molecule has 1 aromatic heterocycles. The van der Waals surface area contributed by atoms with E-state index in [1.54, 1.807) is 48.9 Å². The first-order valence-corrected chi connectivity index (χ1v) is 8.09. The van der Waals surface area contributed by atoms with E-state index in [4.69, 9.17) is 16.3 Å². The standard InChI is InChI=1S/C19H17ClN2O2.ClH/c1-2-18(22-12-11-21-13-22)24-17-9-5-15(6-10-17)19(23)14-3-7-16(20)8-4-14;/h3-13,18H,2H2,1H3;1H. The molecule has 0 amide bonds. The second-order valence-corrected chi connectivity index (χ2v) is 5.79. The van der Waals surface area contributed by atoms with E-state index in [0.29, 0.717) is 21.9 Å². The average Bonchev–Trinajstić information content (AvgIpc) is 3.15. The third-order valence-electron chi connectivity index (χ3n) is 3.70. The highest BCUT2D eigenvalue weighted by molar-refractivity contribution is 6.30. The number of benzene rings is 2. The normalized spacial score (nSPS) is 11.4. The number of ketones is 1.